The van der Waals surface area contributed by atoms with Crippen molar-refractivity contribution in [1.29, 1.82) is 0 Å². The molecule has 2 heterocycles. The van der Waals surface area contributed by atoms with Gasteiger partial charge in [0.05, 0.1) is 19.9 Å². The molecule has 2 aromatic rings. The largest absolute Gasteiger partial charge is 0.496 e. The highest BCUT2D eigenvalue weighted by molar-refractivity contribution is 5.91. The third-order valence-electron chi connectivity index (χ3n) is 4.44. The number of nitrogens with zero attached hydrogens (tertiary/aromatic N) is 2. The number of furan rings is 1. The minimum atomic E-state index is -0.128. The maximum Gasteiger partial charge on any atom is 0.289 e. The molecule has 3 rings (SSSR count). The van der Waals surface area contributed by atoms with Gasteiger partial charge in [-0.2, -0.15) is 0 Å². The zero-order valence-corrected chi connectivity index (χ0v) is 14.8. The molecule has 1 aliphatic heterocycles. The molecule has 0 aliphatic carbocycles. The van der Waals surface area contributed by atoms with E-state index in [1.807, 2.05) is 24.3 Å². The molecule has 0 bridgehead atoms. The van der Waals surface area contributed by atoms with Crippen LogP contribution in [-0.4, -0.2) is 61.4 Å². The van der Waals surface area contributed by atoms with Crippen molar-refractivity contribution < 1.29 is 18.7 Å². The molecule has 0 unspecified atom stereocenters. The van der Waals surface area contributed by atoms with E-state index >= 15 is 0 Å². The van der Waals surface area contributed by atoms with Gasteiger partial charge in [-0.25, -0.2) is 0 Å². The van der Waals surface area contributed by atoms with E-state index in [0.29, 0.717) is 38.5 Å². The first-order valence-corrected chi connectivity index (χ1v) is 8.62. The Balaban J connectivity index is 1.43. The van der Waals surface area contributed by atoms with Crippen LogP contribution in [0.4, 0.5) is 0 Å². The summed E-state index contributed by atoms with van der Waals surface area (Å²) < 4.78 is 10.4. The van der Waals surface area contributed by atoms with Crippen LogP contribution in [0.3, 0.4) is 0 Å². The highest BCUT2D eigenvalue weighted by Gasteiger charge is 2.25. The molecule has 2 amide bonds. The van der Waals surface area contributed by atoms with Crippen LogP contribution in [0.25, 0.3) is 0 Å². The molecule has 26 heavy (non-hydrogen) atoms. The van der Waals surface area contributed by atoms with Crippen molar-refractivity contribution in [3.63, 3.8) is 0 Å². The SMILES string of the molecule is COc1ccccc1CNCC(=O)N1CCN(C(=O)c2ccco2)CC1. The Morgan fingerprint density at radius 2 is 1.81 bits per heavy atom. The predicted molar refractivity (Wildman–Crippen MR) is 95.9 cm³/mol. The van der Waals surface area contributed by atoms with Crippen LogP contribution in [0.5, 0.6) is 5.75 Å². The van der Waals surface area contributed by atoms with Crippen LogP contribution in [0.15, 0.2) is 47.1 Å². The zero-order chi connectivity index (χ0) is 18.4. The number of hydrogen-bond acceptors (Lipinski definition) is 5. The Morgan fingerprint density at radius 3 is 2.50 bits per heavy atom. The summed E-state index contributed by atoms with van der Waals surface area (Å²) in [6.45, 7) is 2.90. The smallest absolute Gasteiger partial charge is 0.289 e. The number of para-hydroxylation sites is 1. The van der Waals surface area contributed by atoms with E-state index in [0.717, 1.165) is 11.3 Å². The molecule has 0 radical (unpaired) electrons. The van der Waals surface area contributed by atoms with E-state index in [4.69, 9.17) is 9.15 Å². The minimum Gasteiger partial charge on any atom is -0.496 e. The summed E-state index contributed by atoms with van der Waals surface area (Å²) in [6.07, 6.45) is 1.49. The lowest BCUT2D eigenvalue weighted by molar-refractivity contribution is -0.131. The molecule has 7 nitrogen and oxygen atoms in total. The molecule has 1 aromatic carbocycles. The highest BCUT2D eigenvalue weighted by atomic mass is 16.5. The number of ether oxygens (including phenoxy) is 1. The van der Waals surface area contributed by atoms with Gasteiger partial charge < -0.3 is 24.3 Å². The summed E-state index contributed by atoms with van der Waals surface area (Å²) >= 11 is 0. The average Bonchev–Trinajstić information content (AvgIpc) is 3.22. The first-order valence-electron chi connectivity index (χ1n) is 8.62. The van der Waals surface area contributed by atoms with Crippen LogP contribution < -0.4 is 10.1 Å². The first kappa shape index (κ1) is 18.0. The van der Waals surface area contributed by atoms with Crippen molar-refractivity contribution in [1.82, 2.24) is 15.1 Å². The van der Waals surface area contributed by atoms with Gasteiger partial charge in [-0.1, -0.05) is 18.2 Å². The fourth-order valence-corrected chi connectivity index (χ4v) is 2.98. The van der Waals surface area contributed by atoms with Crippen LogP contribution in [0.2, 0.25) is 0 Å². The number of benzene rings is 1. The van der Waals surface area contributed by atoms with E-state index in [1.54, 1.807) is 29.0 Å². The van der Waals surface area contributed by atoms with Gasteiger partial charge in [0, 0.05) is 38.3 Å². The topological polar surface area (TPSA) is 75.0 Å². The Bertz CT molecular complexity index is 737. The molecule has 1 aromatic heterocycles. The van der Waals surface area contributed by atoms with Gasteiger partial charge >= 0.3 is 0 Å². The second-order valence-corrected chi connectivity index (χ2v) is 6.07. The number of rotatable bonds is 6. The number of hydrogen-bond donors (Lipinski definition) is 1. The van der Waals surface area contributed by atoms with Crippen molar-refractivity contribution in [2.75, 3.05) is 39.8 Å². The molecular formula is C19H23N3O4. The van der Waals surface area contributed by atoms with Gasteiger partial charge in [-0.05, 0) is 18.2 Å². The lowest BCUT2D eigenvalue weighted by Crippen LogP contribution is -2.52. The average molecular weight is 357 g/mol. The van der Waals surface area contributed by atoms with Gasteiger partial charge in [0.1, 0.15) is 5.75 Å². The van der Waals surface area contributed by atoms with Crippen LogP contribution in [0.1, 0.15) is 16.1 Å². The summed E-state index contributed by atoms with van der Waals surface area (Å²) in [5, 5.41) is 3.16. The Morgan fingerprint density at radius 1 is 1.08 bits per heavy atom. The fraction of sp³-hybridized carbons (Fsp3) is 0.368. The molecular weight excluding hydrogens is 334 g/mol. The number of nitrogens with one attached hydrogen (secondary N) is 1. The van der Waals surface area contributed by atoms with Crippen molar-refractivity contribution in [2.45, 2.75) is 6.54 Å². The molecule has 1 N–H and O–H groups in total. The van der Waals surface area contributed by atoms with Crippen molar-refractivity contribution in [2.24, 2.45) is 0 Å². The molecule has 1 saturated heterocycles. The minimum absolute atomic E-state index is 0.0324. The van der Waals surface area contributed by atoms with Gasteiger partial charge in [0.25, 0.3) is 5.91 Å². The number of piperazine rings is 1. The van der Waals surface area contributed by atoms with E-state index in [1.165, 1.54) is 6.26 Å². The quantitative estimate of drug-likeness (QED) is 0.845. The molecule has 0 spiro atoms. The van der Waals surface area contributed by atoms with Crippen LogP contribution >= 0.6 is 0 Å². The van der Waals surface area contributed by atoms with E-state index in [9.17, 15) is 9.59 Å². The lowest BCUT2D eigenvalue weighted by atomic mass is 10.2. The van der Waals surface area contributed by atoms with E-state index in [-0.39, 0.29) is 18.4 Å². The molecule has 1 fully saturated rings. The normalized spacial score (nSPS) is 14.3. The maximum absolute atomic E-state index is 12.4. The summed E-state index contributed by atoms with van der Waals surface area (Å²) in [5.74, 6) is 1.04. The van der Waals surface area contributed by atoms with E-state index < -0.39 is 0 Å². The summed E-state index contributed by atoms with van der Waals surface area (Å²) in [4.78, 5) is 28.1. The predicted octanol–water partition coefficient (Wildman–Crippen LogP) is 1.36. The van der Waals surface area contributed by atoms with Crippen molar-refractivity contribution in [3.05, 3.63) is 54.0 Å². The van der Waals surface area contributed by atoms with Crippen molar-refractivity contribution in [3.8, 4) is 5.75 Å². The molecule has 1 aliphatic rings. The van der Waals surface area contributed by atoms with Crippen LogP contribution in [-0.2, 0) is 11.3 Å². The lowest BCUT2D eigenvalue weighted by Gasteiger charge is -2.34. The Kier molecular flexibility index (Phi) is 5.91. The number of amides is 2. The molecule has 138 valence electrons. The van der Waals surface area contributed by atoms with Gasteiger partial charge in [-0.3, -0.25) is 9.59 Å². The third kappa shape index (κ3) is 4.23. The Hall–Kier alpha value is -2.80. The number of carbonyl (C=O) groups excluding carboxylic acids is 2. The van der Waals surface area contributed by atoms with Crippen molar-refractivity contribution >= 4 is 11.8 Å². The molecule has 0 atom stereocenters. The van der Waals surface area contributed by atoms with E-state index in [2.05, 4.69) is 5.32 Å². The zero-order valence-electron chi connectivity index (χ0n) is 14.8. The molecule has 0 saturated carbocycles. The maximum atomic E-state index is 12.4. The van der Waals surface area contributed by atoms with Crippen LogP contribution in [0, 0.1) is 0 Å². The second kappa shape index (κ2) is 8.53. The number of carbonyl (C=O) groups is 2. The fourth-order valence-electron chi connectivity index (χ4n) is 2.98. The van der Waals surface area contributed by atoms with Gasteiger partial charge in [0.15, 0.2) is 5.76 Å². The third-order valence-corrected chi connectivity index (χ3v) is 4.44. The molecule has 7 heteroatoms. The second-order valence-electron chi connectivity index (χ2n) is 6.07. The summed E-state index contributed by atoms with van der Waals surface area (Å²) in [7, 11) is 1.63. The summed E-state index contributed by atoms with van der Waals surface area (Å²) in [6, 6.07) is 11.1. The monoisotopic (exact) mass is 357 g/mol. The summed E-state index contributed by atoms with van der Waals surface area (Å²) in [5.41, 5.74) is 1.01. The highest BCUT2D eigenvalue weighted by Crippen LogP contribution is 2.16. The first-order chi connectivity index (χ1) is 12.7. The Labute approximate surface area is 152 Å². The van der Waals surface area contributed by atoms with Gasteiger partial charge in [-0.15, -0.1) is 0 Å². The standard InChI is InChI=1S/C19H23N3O4/c1-25-16-6-3-2-5-15(16)13-20-14-18(23)21-8-10-22(11-9-21)19(24)17-7-4-12-26-17/h2-7,12,20H,8-11,13-14H2,1H3. The number of methoxy groups -OCH3 is 1. The van der Waals surface area contributed by atoms with Gasteiger partial charge in [0.2, 0.25) is 5.91 Å².